The van der Waals surface area contributed by atoms with Crippen LogP contribution in [0.2, 0.25) is 0 Å². The molecule has 1 unspecified atom stereocenters. The lowest BCUT2D eigenvalue weighted by Crippen LogP contribution is -2.43. The lowest BCUT2D eigenvalue weighted by molar-refractivity contribution is -0.150. The number of methoxy groups -OCH3 is 1. The summed E-state index contributed by atoms with van der Waals surface area (Å²) >= 11 is 0. The van der Waals surface area contributed by atoms with Crippen LogP contribution in [0.1, 0.15) is 17.3 Å². The predicted molar refractivity (Wildman–Crippen MR) is 69.1 cm³/mol. The Hall–Kier alpha value is -2.14. The van der Waals surface area contributed by atoms with Gasteiger partial charge in [-0.05, 0) is 31.2 Å². The van der Waals surface area contributed by atoms with Gasteiger partial charge in [0.15, 0.2) is 5.60 Å². The van der Waals surface area contributed by atoms with Crippen LogP contribution < -0.4 is 4.74 Å². The van der Waals surface area contributed by atoms with Gasteiger partial charge in [-0.1, -0.05) is 6.58 Å². The van der Waals surface area contributed by atoms with Crippen molar-refractivity contribution in [1.29, 1.82) is 0 Å². The number of aliphatic hydroxyl groups excluding tert-OH is 1. The minimum Gasteiger partial charge on any atom is -0.497 e. The smallest absolute Gasteiger partial charge is 0.331 e. The van der Waals surface area contributed by atoms with Gasteiger partial charge in [-0.3, -0.25) is 4.79 Å². The number of hydrogen-bond donors (Lipinski definition) is 1. The Labute approximate surface area is 111 Å². The van der Waals surface area contributed by atoms with Crippen molar-refractivity contribution in [3.8, 4) is 5.75 Å². The first-order valence-electron chi connectivity index (χ1n) is 5.62. The van der Waals surface area contributed by atoms with Crippen LogP contribution in [0.3, 0.4) is 0 Å². The van der Waals surface area contributed by atoms with E-state index in [9.17, 15) is 14.7 Å². The van der Waals surface area contributed by atoms with Gasteiger partial charge in [0.1, 0.15) is 5.75 Å². The van der Waals surface area contributed by atoms with E-state index in [-0.39, 0.29) is 0 Å². The highest BCUT2D eigenvalue weighted by molar-refractivity contribution is 6.03. The fourth-order valence-corrected chi connectivity index (χ4v) is 1.46. The molecule has 0 aliphatic rings. The van der Waals surface area contributed by atoms with Crippen molar-refractivity contribution in [3.05, 3.63) is 42.5 Å². The molecule has 5 heteroatoms. The van der Waals surface area contributed by atoms with Gasteiger partial charge < -0.3 is 14.6 Å². The first kappa shape index (κ1) is 14.9. The molecule has 0 aliphatic heterocycles. The summed E-state index contributed by atoms with van der Waals surface area (Å²) in [6.07, 6.45) is 0.940. The Kier molecular flexibility index (Phi) is 4.83. The van der Waals surface area contributed by atoms with Gasteiger partial charge >= 0.3 is 5.97 Å². The third kappa shape index (κ3) is 3.42. The van der Waals surface area contributed by atoms with Gasteiger partial charge in [0.2, 0.25) is 5.78 Å². The van der Waals surface area contributed by atoms with Crippen molar-refractivity contribution in [2.24, 2.45) is 0 Å². The van der Waals surface area contributed by atoms with E-state index in [2.05, 4.69) is 6.58 Å². The highest BCUT2D eigenvalue weighted by Gasteiger charge is 2.37. The van der Waals surface area contributed by atoms with Crippen molar-refractivity contribution in [3.63, 3.8) is 0 Å². The average molecular weight is 264 g/mol. The standard InChI is InChI=1S/C14H16O5/c1-4-12(16)19-14(2,9-15)13(17)10-5-7-11(18-3)8-6-10/h4-8,15H,1,9H2,2-3H3. The molecule has 0 saturated heterocycles. The van der Waals surface area contributed by atoms with Crippen molar-refractivity contribution in [1.82, 2.24) is 0 Å². The van der Waals surface area contributed by atoms with Gasteiger partial charge in [0.25, 0.3) is 0 Å². The van der Waals surface area contributed by atoms with Crippen molar-refractivity contribution >= 4 is 11.8 Å². The molecule has 0 amide bonds. The number of ketones is 1. The summed E-state index contributed by atoms with van der Waals surface area (Å²) < 4.78 is 9.90. The van der Waals surface area contributed by atoms with Crippen molar-refractivity contribution in [2.75, 3.05) is 13.7 Å². The van der Waals surface area contributed by atoms with Crippen LogP contribution in [0, 0.1) is 0 Å². The average Bonchev–Trinajstić information content (AvgIpc) is 2.46. The summed E-state index contributed by atoms with van der Waals surface area (Å²) in [5.74, 6) is -0.656. The lowest BCUT2D eigenvalue weighted by Gasteiger charge is -2.25. The number of esters is 1. The normalized spacial score (nSPS) is 13.2. The molecule has 102 valence electrons. The molecular weight excluding hydrogens is 248 g/mol. The highest BCUT2D eigenvalue weighted by atomic mass is 16.6. The number of ether oxygens (including phenoxy) is 2. The number of hydrogen-bond acceptors (Lipinski definition) is 5. The first-order valence-corrected chi connectivity index (χ1v) is 5.62. The molecule has 0 radical (unpaired) electrons. The van der Waals surface area contributed by atoms with Crippen LogP contribution in [-0.4, -0.2) is 36.2 Å². The van der Waals surface area contributed by atoms with E-state index in [0.29, 0.717) is 11.3 Å². The van der Waals surface area contributed by atoms with E-state index < -0.39 is 24.0 Å². The molecule has 1 N–H and O–H groups in total. The molecule has 0 heterocycles. The summed E-state index contributed by atoms with van der Waals surface area (Å²) in [7, 11) is 1.51. The van der Waals surface area contributed by atoms with E-state index in [0.717, 1.165) is 6.08 Å². The Balaban J connectivity index is 2.99. The van der Waals surface area contributed by atoms with E-state index in [1.165, 1.54) is 26.2 Å². The van der Waals surface area contributed by atoms with Gasteiger partial charge in [-0.15, -0.1) is 0 Å². The highest BCUT2D eigenvalue weighted by Crippen LogP contribution is 2.20. The molecular formula is C14H16O5. The molecule has 1 atom stereocenters. The third-order valence-electron chi connectivity index (χ3n) is 2.63. The van der Waals surface area contributed by atoms with Crippen LogP contribution in [-0.2, 0) is 9.53 Å². The fourth-order valence-electron chi connectivity index (χ4n) is 1.46. The van der Waals surface area contributed by atoms with E-state index in [1.807, 2.05) is 0 Å². The zero-order valence-electron chi connectivity index (χ0n) is 10.9. The summed E-state index contributed by atoms with van der Waals surface area (Å²) in [6.45, 7) is 3.98. The second-order valence-electron chi connectivity index (χ2n) is 4.07. The molecule has 0 aromatic heterocycles. The number of benzene rings is 1. The molecule has 0 bridgehead atoms. The predicted octanol–water partition coefficient (Wildman–Crippen LogP) is 1.36. The van der Waals surface area contributed by atoms with Crippen molar-refractivity contribution < 1.29 is 24.2 Å². The lowest BCUT2D eigenvalue weighted by atomic mass is 9.95. The quantitative estimate of drug-likeness (QED) is 0.477. The number of aliphatic hydroxyl groups is 1. The molecule has 0 saturated carbocycles. The second-order valence-corrected chi connectivity index (χ2v) is 4.07. The van der Waals surface area contributed by atoms with Crippen LogP contribution >= 0.6 is 0 Å². The summed E-state index contributed by atoms with van der Waals surface area (Å²) in [4.78, 5) is 23.4. The number of Topliss-reactive ketones (excluding diaryl/α,β-unsaturated/α-hetero) is 1. The van der Waals surface area contributed by atoms with Crippen LogP contribution in [0.4, 0.5) is 0 Å². The van der Waals surface area contributed by atoms with Gasteiger partial charge in [-0.25, -0.2) is 4.79 Å². The van der Waals surface area contributed by atoms with Gasteiger partial charge in [0.05, 0.1) is 13.7 Å². The maximum atomic E-state index is 12.2. The molecule has 0 fully saturated rings. The molecule has 19 heavy (non-hydrogen) atoms. The Morgan fingerprint density at radius 2 is 1.95 bits per heavy atom. The topological polar surface area (TPSA) is 72.8 Å². The maximum absolute atomic E-state index is 12.2. The van der Waals surface area contributed by atoms with Gasteiger partial charge in [0, 0.05) is 11.6 Å². The Morgan fingerprint density at radius 1 is 1.37 bits per heavy atom. The molecule has 1 aromatic carbocycles. The fraction of sp³-hybridized carbons (Fsp3) is 0.286. The minimum atomic E-state index is -1.63. The minimum absolute atomic E-state index is 0.314. The van der Waals surface area contributed by atoms with Crippen LogP contribution in [0.5, 0.6) is 5.75 Å². The molecule has 0 aliphatic carbocycles. The monoisotopic (exact) mass is 264 g/mol. The SMILES string of the molecule is C=CC(=O)OC(C)(CO)C(=O)c1ccc(OC)cc1. The van der Waals surface area contributed by atoms with Crippen LogP contribution in [0.25, 0.3) is 0 Å². The summed E-state index contributed by atoms with van der Waals surface area (Å²) in [5.41, 5.74) is -1.31. The van der Waals surface area contributed by atoms with Crippen LogP contribution in [0.15, 0.2) is 36.9 Å². The zero-order valence-corrected chi connectivity index (χ0v) is 10.9. The molecule has 1 rings (SSSR count). The van der Waals surface area contributed by atoms with E-state index >= 15 is 0 Å². The van der Waals surface area contributed by atoms with E-state index in [4.69, 9.17) is 9.47 Å². The first-order chi connectivity index (χ1) is 8.96. The summed E-state index contributed by atoms with van der Waals surface area (Å²) in [5, 5.41) is 9.31. The third-order valence-corrected chi connectivity index (χ3v) is 2.63. The Morgan fingerprint density at radius 3 is 2.37 bits per heavy atom. The molecule has 0 spiro atoms. The zero-order chi connectivity index (χ0) is 14.5. The van der Waals surface area contributed by atoms with E-state index in [1.54, 1.807) is 12.1 Å². The largest absolute Gasteiger partial charge is 0.497 e. The maximum Gasteiger partial charge on any atom is 0.331 e. The summed E-state index contributed by atoms with van der Waals surface area (Å²) in [6, 6.07) is 6.30. The Bertz CT molecular complexity index is 477. The van der Waals surface area contributed by atoms with Gasteiger partial charge in [-0.2, -0.15) is 0 Å². The number of carbonyl (C=O) groups is 2. The second kappa shape index (κ2) is 6.15. The number of rotatable bonds is 6. The van der Waals surface area contributed by atoms with Crippen molar-refractivity contribution in [2.45, 2.75) is 12.5 Å². The molecule has 5 nitrogen and oxygen atoms in total. The number of carbonyl (C=O) groups excluding carboxylic acids is 2. The molecule has 1 aromatic rings.